The topological polar surface area (TPSA) is 61.6 Å². The summed E-state index contributed by atoms with van der Waals surface area (Å²) < 4.78 is 13.1. The van der Waals surface area contributed by atoms with Gasteiger partial charge in [-0.2, -0.15) is 0 Å². The fraction of sp³-hybridized carbons (Fsp3) is 0.409. The number of hydrogen-bond donors (Lipinski definition) is 1. The molecule has 4 nitrogen and oxygen atoms in total. The summed E-state index contributed by atoms with van der Waals surface area (Å²) in [6.07, 6.45) is 2.53. The predicted octanol–water partition coefficient (Wildman–Crippen LogP) is 4.28. The molecule has 0 aromatic heterocycles. The maximum atomic E-state index is 12.0. The number of carbonyl (C=O) groups is 1. The van der Waals surface area contributed by atoms with Gasteiger partial charge in [-0.05, 0) is 24.0 Å². The van der Waals surface area contributed by atoms with E-state index in [1.165, 1.54) is 0 Å². The number of rotatable bonds is 3. The molecule has 1 aliphatic heterocycles. The smallest absolute Gasteiger partial charge is 0.223 e. The van der Waals surface area contributed by atoms with Gasteiger partial charge in [0, 0.05) is 12.8 Å². The first kappa shape index (κ1) is 17.3. The summed E-state index contributed by atoms with van der Waals surface area (Å²) in [5.74, 6) is -1.04. The van der Waals surface area contributed by atoms with Crippen molar-refractivity contribution in [3.8, 4) is 0 Å². The number of benzene rings is 2. The summed E-state index contributed by atoms with van der Waals surface area (Å²) in [6.45, 7) is 1.93. The second-order valence-corrected chi connectivity index (χ2v) is 7.76. The van der Waals surface area contributed by atoms with Gasteiger partial charge < -0.3 is 15.2 Å². The zero-order valence-electron chi connectivity index (χ0n) is 15.1. The molecule has 1 saturated heterocycles. The number of carbonyl (C=O) groups excluding carboxylic acids is 1. The third-order valence-corrected chi connectivity index (χ3v) is 5.76. The number of amides is 1. The largest absolute Gasteiger partial charge is 0.369 e. The Bertz CT molecular complexity index is 729. The van der Waals surface area contributed by atoms with Gasteiger partial charge >= 0.3 is 0 Å². The number of ether oxygens (including phenoxy) is 2. The van der Waals surface area contributed by atoms with Crippen molar-refractivity contribution >= 4 is 5.91 Å². The van der Waals surface area contributed by atoms with Crippen LogP contribution in [0.4, 0.5) is 0 Å². The molecule has 2 N–H and O–H groups in total. The Morgan fingerprint density at radius 3 is 1.88 bits per heavy atom. The van der Waals surface area contributed by atoms with E-state index in [4.69, 9.17) is 15.2 Å². The first-order valence-electron chi connectivity index (χ1n) is 9.27. The average molecular weight is 351 g/mol. The van der Waals surface area contributed by atoms with E-state index in [9.17, 15) is 4.79 Å². The molecule has 2 aliphatic rings. The molecule has 0 unspecified atom stereocenters. The molecule has 0 bridgehead atoms. The number of primary amides is 1. The van der Waals surface area contributed by atoms with Crippen LogP contribution in [0.2, 0.25) is 0 Å². The lowest BCUT2D eigenvalue weighted by molar-refractivity contribution is -0.216. The van der Waals surface area contributed by atoms with Crippen LogP contribution in [0.5, 0.6) is 0 Å². The van der Waals surface area contributed by atoms with Crippen molar-refractivity contribution in [2.24, 2.45) is 11.1 Å². The highest BCUT2D eigenvalue weighted by Gasteiger charge is 2.54. The van der Waals surface area contributed by atoms with E-state index >= 15 is 0 Å². The van der Waals surface area contributed by atoms with Crippen LogP contribution in [-0.2, 0) is 14.3 Å². The first-order valence-corrected chi connectivity index (χ1v) is 9.27. The van der Waals surface area contributed by atoms with Gasteiger partial charge in [0.05, 0.1) is 5.41 Å². The van der Waals surface area contributed by atoms with E-state index in [1.807, 2.05) is 43.3 Å². The zero-order chi connectivity index (χ0) is 18.2. The van der Waals surface area contributed by atoms with Gasteiger partial charge in [-0.1, -0.05) is 67.6 Å². The van der Waals surface area contributed by atoms with Crippen LogP contribution in [0.25, 0.3) is 0 Å². The monoisotopic (exact) mass is 351 g/mol. The highest BCUT2D eigenvalue weighted by molar-refractivity contribution is 5.80. The van der Waals surface area contributed by atoms with Crippen molar-refractivity contribution in [2.45, 2.75) is 50.6 Å². The van der Waals surface area contributed by atoms with Crippen molar-refractivity contribution in [1.29, 1.82) is 0 Å². The Kier molecular flexibility index (Phi) is 4.33. The summed E-state index contributed by atoms with van der Waals surface area (Å²) in [4.78, 5) is 12.0. The summed E-state index contributed by atoms with van der Waals surface area (Å²) >= 11 is 0. The molecule has 1 spiro atoms. The molecule has 2 aromatic rings. The average Bonchev–Trinajstić information content (AvgIpc) is 3.01. The zero-order valence-corrected chi connectivity index (χ0v) is 15.1. The Morgan fingerprint density at radius 1 is 0.923 bits per heavy atom. The minimum atomic E-state index is -0.761. The number of hydrogen-bond acceptors (Lipinski definition) is 3. The van der Waals surface area contributed by atoms with Crippen molar-refractivity contribution in [1.82, 2.24) is 0 Å². The molecular weight excluding hydrogens is 326 g/mol. The van der Waals surface area contributed by atoms with E-state index < -0.39 is 11.2 Å². The second-order valence-electron chi connectivity index (χ2n) is 7.76. The van der Waals surface area contributed by atoms with Crippen molar-refractivity contribution in [3.05, 3.63) is 71.8 Å². The molecule has 2 fully saturated rings. The molecule has 0 radical (unpaired) electrons. The molecular formula is C22H25NO3. The number of nitrogens with two attached hydrogens (primary N) is 1. The maximum Gasteiger partial charge on any atom is 0.223 e. The van der Waals surface area contributed by atoms with Crippen LogP contribution in [0.15, 0.2) is 60.7 Å². The minimum Gasteiger partial charge on any atom is -0.369 e. The normalized spacial score (nSPS) is 30.3. The van der Waals surface area contributed by atoms with Gasteiger partial charge in [0.1, 0.15) is 12.2 Å². The van der Waals surface area contributed by atoms with E-state index in [0.29, 0.717) is 6.42 Å². The lowest BCUT2D eigenvalue weighted by Crippen LogP contribution is -2.47. The quantitative estimate of drug-likeness (QED) is 0.898. The van der Waals surface area contributed by atoms with Gasteiger partial charge in [0.15, 0.2) is 5.79 Å². The third kappa shape index (κ3) is 3.04. The summed E-state index contributed by atoms with van der Waals surface area (Å²) in [5.41, 5.74) is 7.28. The van der Waals surface area contributed by atoms with E-state index in [0.717, 1.165) is 30.4 Å². The van der Waals surface area contributed by atoms with Gasteiger partial charge in [0.2, 0.25) is 5.91 Å². The van der Waals surface area contributed by atoms with E-state index in [2.05, 4.69) is 24.3 Å². The molecule has 1 saturated carbocycles. The predicted molar refractivity (Wildman–Crippen MR) is 99.0 cm³/mol. The Morgan fingerprint density at radius 2 is 1.42 bits per heavy atom. The Balaban J connectivity index is 1.70. The van der Waals surface area contributed by atoms with Crippen LogP contribution < -0.4 is 5.73 Å². The molecule has 2 aromatic carbocycles. The molecule has 26 heavy (non-hydrogen) atoms. The lowest BCUT2D eigenvalue weighted by atomic mass is 9.72. The van der Waals surface area contributed by atoms with E-state index in [1.54, 1.807) is 0 Å². The Labute approximate surface area is 154 Å². The van der Waals surface area contributed by atoms with Crippen LogP contribution in [0.3, 0.4) is 0 Å². The molecule has 4 rings (SSSR count). The van der Waals surface area contributed by atoms with Crippen LogP contribution >= 0.6 is 0 Å². The molecule has 4 heteroatoms. The van der Waals surface area contributed by atoms with Gasteiger partial charge in [-0.25, -0.2) is 0 Å². The fourth-order valence-corrected chi connectivity index (χ4v) is 4.32. The molecule has 1 amide bonds. The summed E-state index contributed by atoms with van der Waals surface area (Å²) in [7, 11) is 0. The van der Waals surface area contributed by atoms with Gasteiger partial charge in [0.25, 0.3) is 0 Å². The molecule has 1 heterocycles. The van der Waals surface area contributed by atoms with Crippen LogP contribution in [-0.4, -0.2) is 11.7 Å². The van der Waals surface area contributed by atoms with Crippen molar-refractivity contribution in [3.63, 3.8) is 0 Å². The fourth-order valence-electron chi connectivity index (χ4n) is 4.32. The highest BCUT2D eigenvalue weighted by Crippen LogP contribution is 2.55. The van der Waals surface area contributed by atoms with Crippen LogP contribution in [0.1, 0.15) is 55.9 Å². The molecule has 3 atom stereocenters. The minimum absolute atomic E-state index is 0.200. The maximum absolute atomic E-state index is 12.0. The van der Waals surface area contributed by atoms with Crippen LogP contribution in [0, 0.1) is 5.41 Å². The lowest BCUT2D eigenvalue weighted by Gasteiger charge is -2.41. The standard InChI is InChI=1S/C22H25NO3/c1-21(20(23)24)13-8-14-22(15-21)25-18(16-9-4-2-5-10-16)19(26-22)17-11-6-3-7-12-17/h2-7,9-12,18-19H,8,13-15H2,1H3,(H2,23,24)/t18-,19-,21+/m1/s1. The van der Waals surface area contributed by atoms with Crippen molar-refractivity contribution in [2.75, 3.05) is 0 Å². The molecule has 1 aliphatic carbocycles. The molecule has 136 valence electrons. The van der Waals surface area contributed by atoms with Crippen molar-refractivity contribution < 1.29 is 14.3 Å². The summed E-state index contributed by atoms with van der Waals surface area (Å²) in [5, 5.41) is 0. The van der Waals surface area contributed by atoms with Gasteiger partial charge in [-0.3, -0.25) is 4.79 Å². The Hall–Kier alpha value is -2.17. The SMILES string of the molecule is C[C@]1(C(N)=O)CCCC2(C1)O[C@H](c1ccccc1)[C@@H](c1ccccc1)O2. The second kappa shape index (κ2) is 6.53. The van der Waals surface area contributed by atoms with Gasteiger partial charge in [-0.15, -0.1) is 0 Å². The van der Waals surface area contributed by atoms with E-state index in [-0.39, 0.29) is 18.1 Å². The first-order chi connectivity index (χ1) is 12.5. The third-order valence-electron chi connectivity index (χ3n) is 5.76. The summed E-state index contributed by atoms with van der Waals surface area (Å²) in [6, 6.07) is 20.3. The highest BCUT2D eigenvalue weighted by atomic mass is 16.8.